The molecule has 9 heteroatoms. The first-order valence-corrected chi connectivity index (χ1v) is 9.94. The number of aromatic nitrogens is 4. The molecule has 162 valence electrons. The third-order valence-corrected chi connectivity index (χ3v) is 5.04. The number of carbonyl (C=O) groups is 1. The summed E-state index contributed by atoms with van der Waals surface area (Å²) in [5, 5.41) is 5.42. The van der Waals surface area contributed by atoms with Crippen molar-refractivity contribution in [3.05, 3.63) is 77.5 Å². The van der Waals surface area contributed by atoms with Crippen molar-refractivity contribution >= 4 is 22.6 Å². The van der Waals surface area contributed by atoms with Gasteiger partial charge in [-0.2, -0.15) is 0 Å². The third-order valence-electron chi connectivity index (χ3n) is 5.04. The molecule has 2 N–H and O–H groups in total. The standard InChI is InChI=1S/C23H20F2N6O/c1-13-3-4-15(10-28-13)18-9-19(31-12-30-18)27-8-7-14-5-6-16(24)20-21(23(32)26-2)17(25)11-29-22(14)20/h3-6,9-12H,7-8H2,1-2H3,(H,26,32)(H,27,30,31). The van der Waals surface area contributed by atoms with Gasteiger partial charge in [0.25, 0.3) is 5.91 Å². The SMILES string of the molecule is CNC(=O)c1c(F)cnc2c(CCNc3cc(-c4ccc(C)nc4)ncn3)ccc(F)c12. The molecule has 1 amide bonds. The number of halogens is 2. The summed E-state index contributed by atoms with van der Waals surface area (Å²) in [6, 6.07) is 8.47. The fourth-order valence-electron chi connectivity index (χ4n) is 3.41. The molecule has 7 nitrogen and oxygen atoms in total. The molecule has 4 rings (SSSR count). The molecule has 0 aliphatic carbocycles. The van der Waals surface area contributed by atoms with Crippen LogP contribution < -0.4 is 10.6 Å². The van der Waals surface area contributed by atoms with Gasteiger partial charge >= 0.3 is 0 Å². The second-order valence-corrected chi connectivity index (χ2v) is 7.14. The van der Waals surface area contributed by atoms with E-state index in [1.54, 1.807) is 12.3 Å². The molecule has 0 spiro atoms. The second-order valence-electron chi connectivity index (χ2n) is 7.14. The fourth-order valence-corrected chi connectivity index (χ4v) is 3.41. The van der Waals surface area contributed by atoms with Gasteiger partial charge in [-0.25, -0.2) is 18.7 Å². The molecule has 0 aliphatic rings. The maximum Gasteiger partial charge on any atom is 0.254 e. The number of rotatable bonds is 6. The number of amides is 1. The van der Waals surface area contributed by atoms with Crippen molar-refractivity contribution in [1.29, 1.82) is 0 Å². The normalized spacial score (nSPS) is 10.9. The van der Waals surface area contributed by atoms with Crippen molar-refractivity contribution < 1.29 is 13.6 Å². The van der Waals surface area contributed by atoms with Gasteiger partial charge in [0.05, 0.1) is 28.4 Å². The van der Waals surface area contributed by atoms with E-state index in [0.29, 0.717) is 24.3 Å². The van der Waals surface area contributed by atoms with Crippen molar-refractivity contribution in [2.24, 2.45) is 0 Å². The van der Waals surface area contributed by atoms with Gasteiger partial charge in [0, 0.05) is 37.1 Å². The summed E-state index contributed by atoms with van der Waals surface area (Å²) in [7, 11) is 1.36. The molecular weight excluding hydrogens is 414 g/mol. The van der Waals surface area contributed by atoms with Gasteiger partial charge in [-0.05, 0) is 37.1 Å². The predicted molar refractivity (Wildman–Crippen MR) is 117 cm³/mol. The Kier molecular flexibility index (Phi) is 5.98. The Balaban J connectivity index is 1.56. The Morgan fingerprint density at radius 3 is 2.59 bits per heavy atom. The molecule has 0 unspecified atom stereocenters. The summed E-state index contributed by atoms with van der Waals surface area (Å²) in [4.78, 5) is 28.9. The van der Waals surface area contributed by atoms with E-state index >= 15 is 0 Å². The minimum absolute atomic E-state index is 0.127. The van der Waals surface area contributed by atoms with E-state index in [0.717, 1.165) is 23.1 Å². The van der Waals surface area contributed by atoms with E-state index in [4.69, 9.17) is 0 Å². The van der Waals surface area contributed by atoms with Crippen molar-refractivity contribution in [3.63, 3.8) is 0 Å². The third kappa shape index (κ3) is 4.22. The highest BCUT2D eigenvalue weighted by molar-refractivity contribution is 6.07. The summed E-state index contributed by atoms with van der Waals surface area (Å²) in [6.45, 7) is 2.37. The van der Waals surface area contributed by atoms with Gasteiger partial charge in [-0.1, -0.05) is 6.07 Å². The first kappa shape index (κ1) is 21.2. The largest absolute Gasteiger partial charge is 0.370 e. The molecule has 0 bridgehead atoms. The summed E-state index contributed by atoms with van der Waals surface area (Å²) >= 11 is 0. The number of nitrogens with one attached hydrogen (secondary N) is 2. The first-order valence-electron chi connectivity index (χ1n) is 9.94. The average molecular weight is 434 g/mol. The van der Waals surface area contributed by atoms with Crippen LogP contribution in [0.5, 0.6) is 0 Å². The highest BCUT2D eigenvalue weighted by Crippen LogP contribution is 2.26. The Hall–Kier alpha value is -4.01. The maximum absolute atomic E-state index is 14.5. The van der Waals surface area contributed by atoms with Crippen LogP contribution >= 0.6 is 0 Å². The predicted octanol–water partition coefficient (Wildman–Crippen LogP) is 3.69. The fraction of sp³-hybridized carbons (Fsp3) is 0.174. The van der Waals surface area contributed by atoms with E-state index in [1.807, 2.05) is 25.1 Å². The van der Waals surface area contributed by atoms with Gasteiger partial charge in [0.1, 0.15) is 18.0 Å². The highest BCUT2D eigenvalue weighted by atomic mass is 19.1. The zero-order valence-electron chi connectivity index (χ0n) is 17.5. The van der Waals surface area contributed by atoms with E-state index in [9.17, 15) is 13.6 Å². The number of aryl methyl sites for hydroxylation is 1. The Morgan fingerprint density at radius 2 is 1.84 bits per heavy atom. The van der Waals surface area contributed by atoms with Crippen molar-refractivity contribution in [2.75, 3.05) is 18.9 Å². The lowest BCUT2D eigenvalue weighted by molar-refractivity contribution is 0.0960. The lowest BCUT2D eigenvalue weighted by Gasteiger charge is -2.12. The lowest BCUT2D eigenvalue weighted by atomic mass is 10.0. The average Bonchev–Trinajstić information content (AvgIpc) is 2.81. The van der Waals surface area contributed by atoms with Gasteiger partial charge in [0.2, 0.25) is 0 Å². The summed E-state index contributed by atoms with van der Waals surface area (Å²) in [5.41, 5.74) is 3.10. The molecule has 3 aromatic heterocycles. The number of benzene rings is 1. The number of fused-ring (bicyclic) bond motifs is 1. The van der Waals surface area contributed by atoms with Crippen molar-refractivity contribution in [2.45, 2.75) is 13.3 Å². The van der Waals surface area contributed by atoms with Gasteiger partial charge in [0.15, 0.2) is 5.82 Å². The molecule has 0 atom stereocenters. The van der Waals surface area contributed by atoms with Gasteiger partial charge in [-0.3, -0.25) is 14.8 Å². The summed E-state index contributed by atoms with van der Waals surface area (Å²) < 4.78 is 28.7. The minimum atomic E-state index is -0.870. The molecular formula is C23H20F2N6O. The van der Waals surface area contributed by atoms with Crippen LogP contribution in [-0.2, 0) is 6.42 Å². The first-order chi connectivity index (χ1) is 15.5. The van der Waals surface area contributed by atoms with Crippen LogP contribution in [0.3, 0.4) is 0 Å². The number of anilines is 1. The molecule has 0 saturated carbocycles. The van der Waals surface area contributed by atoms with Crippen molar-refractivity contribution in [3.8, 4) is 11.3 Å². The Labute approximate surface area is 183 Å². The monoisotopic (exact) mass is 434 g/mol. The van der Waals surface area contributed by atoms with Crippen LogP contribution in [-0.4, -0.2) is 39.4 Å². The van der Waals surface area contributed by atoms with Crippen LogP contribution in [0.2, 0.25) is 0 Å². The number of hydrogen-bond acceptors (Lipinski definition) is 6. The Bertz CT molecular complexity index is 1290. The molecule has 32 heavy (non-hydrogen) atoms. The number of pyridine rings is 2. The maximum atomic E-state index is 14.5. The van der Waals surface area contributed by atoms with Crippen LogP contribution in [0, 0.1) is 18.6 Å². The minimum Gasteiger partial charge on any atom is -0.370 e. The highest BCUT2D eigenvalue weighted by Gasteiger charge is 2.20. The zero-order valence-corrected chi connectivity index (χ0v) is 17.5. The van der Waals surface area contributed by atoms with Crippen LogP contribution in [0.1, 0.15) is 21.6 Å². The molecule has 0 fully saturated rings. The van der Waals surface area contributed by atoms with Crippen LogP contribution in [0.25, 0.3) is 22.2 Å². The molecule has 0 saturated heterocycles. The van der Waals surface area contributed by atoms with E-state index in [1.165, 1.54) is 19.4 Å². The Morgan fingerprint density at radius 1 is 1.00 bits per heavy atom. The number of nitrogens with zero attached hydrogens (tertiary/aromatic N) is 4. The van der Waals surface area contributed by atoms with E-state index < -0.39 is 17.5 Å². The van der Waals surface area contributed by atoms with Gasteiger partial charge in [-0.15, -0.1) is 0 Å². The molecule has 3 heterocycles. The van der Waals surface area contributed by atoms with E-state index in [2.05, 4.69) is 30.6 Å². The smallest absolute Gasteiger partial charge is 0.254 e. The van der Waals surface area contributed by atoms with Gasteiger partial charge < -0.3 is 10.6 Å². The lowest BCUT2D eigenvalue weighted by Crippen LogP contribution is -2.20. The topological polar surface area (TPSA) is 92.7 Å². The molecule has 0 radical (unpaired) electrons. The second kappa shape index (κ2) is 9.01. The van der Waals surface area contributed by atoms with Crippen LogP contribution in [0.15, 0.2) is 49.1 Å². The number of carbonyl (C=O) groups excluding carboxylic acids is 1. The summed E-state index contributed by atoms with van der Waals surface area (Å²) in [6.07, 6.45) is 4.61. The molecule has 0 aliphatic heterocycles. The number of hydrogen-bond donors (Lipinski definition) is 2. The zero-order chi connectivity index (χ0) is 22.7. The van der Waals surface area contributed by atoms with Crippen LogP contribution in [0.4, 0.5) is 14.6 Å². The molecule has 1 aromatic carbocycles. The van der Waals surface area contributed by atoms with E-state index in [-0.39, 0.29) is 16.5 Å². The quantitative estimate of drug-likeness (QED) is 0.481. The summed E-state index contributed by atoms with van der Waals surface area (Å²) in [5.74, 6) is -1.66. The van der Waals surface area contributed by atoms with Crippen molar-refractivity contribution in [1.82, 2.24) is 25.3 Å². The molecule has 4 aromatic rings.